The number of nitrogens with one attached hydrogen (secondary N) is 1. The highest BCUT2D eigenvalue weighted by molar-refractivity contribution is 14.0. The number of hydrogen-bond acceptors (Lipinski definition) is 2. The van der Waals surface area contributed by atoms with Crippen molar-refractivity contribution in [1.29, 1.82) is 0 Å². The molecule has 0 radical (unpaired) electrons. The van der Waals surface area contributed by atoms with Crippen LogP contribution in [0.25, 0.3) is 0 Å². The number of rotatable bonds is 4. The summed E-state index contributed by atoms with van der Waals surface area (Å²) in [5.74, 6) is 0.971. The van der Waals surface area contributed by atoms with Gasteiger partial charge in [0.2, 0.25) is 0 Å². The van der Waals surface area contributed by atoms with Crippen LogP contribution in [0.2, 0.25) is 0 Å². The molecule has 1 aromatic carbocycles. The number of hydrogen-bond donors (Lipinski definition) is 1. The van der Waals surface area contributed by atoms with Crippen molar-refractivity contribution in [3.05, 3.63) is 35.4 Å². The number of aliphatic imine (C=N–C) groups is 1. The fourth-order valence-corrected chi connectivity index (χ4v) is 2.95. The normalized spacial score (nSPS) is 18.9. The molecule has 0 bridgehead atoms. The Bertz CT molecular complexity index is 489. The van der Waals surface area contributed by atoms with Gasteiger partial charge in [-0.1, -0.05) is 24.3 Å². The second-order valence-electron chi connectivity index (χ2n) is 5.99. The van der Waals surface area contributed by atoms with Gasteiger partial charge in [0, 0.05) is 33.2 Å². The Morgan fingerprint density at radius 3 is 2.73 bits per heavy atom. The van der Waals surface area contributed by atoms with Crippen molar-refractivity contribution in [2.24, 2.45) is 4.99 Å². The van der Waals surface area contributed by atoms with Crippen molar-refractivity contribution in [1.82, 2.24) is 15.1 Å². The van der Waals surface area contributed by atoms with Gasteiger partial charge in [-0.15, -0.1) is 24.0 Å². The van der Waals surface area contributed by atoms with Crippen molar-refractivity contribution in [3.63, 3.8) is 0 Å². The van der Waals surface area contributed by atoms with Gasteiger partial charge in [-0.05, 0) is 44.5 Å². The molecule has 0 aromatic heterocycles. The first kappa shape index (κ1) is 19.2. The van der Waals surface area contributed by atoms with Gasteiger partial charge in [-0.2, -0.15) is 0 Å². The van der Waals surface area contributed by atoms with E-state index >= 15 is 0 Å². The van der Waals surface area contributed by atoms with Crippen LogP contribution in [0.1, 0.15) is 24.0 Å². The van der Waals surface area contributed by atoms with Gasteiger partial charge in [0.25, 0.3) is 0 Å². The molecule has 1 aliphatic heterocycles. The zero-order valence-electron chi connectivity index (χ0n) is 14.2. The van der Waals surface area contributed by atoms with Gasteiger partial charge in [-0.25, -0.2) is 0 Å². The largest absolute Gasteiger partial charge is 0.355 e. The third kappa shape index (κ3) is 5.12. The number of likely N-dealkylation sites (tertiary alicyclic amines) is 1. The van der Waals surface area contributed by atoms with E-state index in [1.54, 1.807) is 0 Å². The summed E-state index contributed by atoms with van der Waals surface area (Å²) < 4.78 is 0. The molecule has 1 heterocycles. The van der Waals surface area contributed by atoms with Gasteiger partial charge in [0.15, 0.2) is 5.96 Å². The minimum Gasteiger partial charge on any atom is -0.355 e. The lowest BCUT2D eigenvalue weighted by Gasteiger charge is -2.26. The van der Waals surface area contributed by atoms with Gasteiger partial charge in [-0.3, -0.25) is 4.99 Å². The van der Waals surface area contributed by atoms with Crippen LogP contribution in [-0.2, 0) is 6.54 Å². The molecule has 22 heavy (non-hydrogen) atoms. The van der Waals surface area contributed by atoms with Crippen molar-refractivity contribution in [2.45, 2.75) is 32.4 Å². The summed E-state index contributed by atoms with van der Waals surface area (Å²) >= 11 is 0. The van der Waals surface area contributed by atoms with Crippen LogP contribution in [0.3, 0.4) is 0 Å². The van der Waals surface area contributed by atoms with Crippen LogP contribution >= 0.6 is 24.0 Å². The second kappa shape index (κ2) is 9.35. The number of guanidine groups is 1. The van der Waals surface area contributed by atoms with Crippen LogP contribution < -0.4 is 5.32 Å². The quantitative estimate of drug-likeness (QED) is 0.465. The zero-order chi connectivity index (χ0) is 15.2. The summed E-state index contributed by atoms with van der Waals surface area (Å²) in [5, 5.41) is 3.52. The summed E-state index contributed by atoms with van der Waals surface area (Å²) in [7, 11) is 6.16. The molecule has 1 atom stereocenters. The number of nitrogens with zero attached hydrogens (tertiary/aromatic N) is 3. The third-order valence-electron chi connectivity index (χ3n) is 4.41. The number of benzene rings is 1. The predicted octanol–water partition coefficient (Wildman–Crippen LogP) is 2.71. The van der Waals surface area contributed by atoms with Crippen LogP contribution in [0, 0.1) is 6.92 Å². The van der Waals surface area contributed by atoms with E-state index in [4.69, 9.17) is 0 Å². The van der Waals surface area contributed by atoms with E-state index < -0.39 is 0 Å². The van der Waals surface area contributed by atoms with E-state index in [0.717, 1.165) is 19.0 Å². The Morgan fingerprint density at radius 1 is 1.41 bits per heavy atom. The highest BCUT2D eigenvalue weighted by Crippen LogP contribution is 2.14. The average molecular weight is 416 g/mol. The van der Waals surface area contributed by atoms with E-state index in [-0.39, 0.29) is 24.0 Å². The van der Waals surface area contributed by atoms with E-state index in [1.807, 2.05) is 7.05 Å². The maximum Gasteiger partial charge on any atom is 0.193 e. The average Bonchev–Trinajstić information content (AvgIpc) is 2.88. The standard InChI is InChI=1S/C17H28N4.HI/c1-14-8-5-6-9-15(14)13-21(4)17(18-2)19-12-16-10-7-11-20(16)3;/h5-6,8-9,16H,7,10-13H2,1-4H3,(H,18,19);1H. The van der Waals surface area contributed by atoms with Gasteiger partial charge >= 0.3 is 0 Å². The molecule has 5 heteroatoms. The molecule has 1 saturated heterocycles. The molecule has 1 fully saturated rings. The number of aryl methyl sites for hydroxylation is 1. The molecule has 1 aliphatic rings. The highest BCUT2D eigenvalue weighted by atomic mass is 127. The first-order chi connectivity index (χ1) is 10.1. The summed E-state index contributed by atoms with van der Waals surface area (Å²) in [4.78, 5) is 9.04. The lowest BCUT2D eigenvalue weighted by molar-refractivity contribution is 0.306. The Balaban J connectivity index is 0.00000242. The third-order valence-corrected chi connectivity index (χ3v) is 4.41. The van der Waals surface area contributed by atoms with Gasteiger partial charge < -0.3 is 15.1 Å². The topological polar surface area (TPSA) is 30.9 Å². The first-order valence-electron chi connectivity index (χ1n) is 7.78. The maximum atomic E-state index is 4.41. The van der Waals surface area contributed by atoms with E-state index in [2.05, 4.69) is 65.4 Å². The lowest BCUT2D eigenvalue weighted by Crippen LogP contribution is -2.44. The minimum absolute atomic E-state index is 0. The molecule has 0 aliphatic carbocycles. The monoisotopic (exact) mass is 416 g/mol. The number of likely N-dealkylation sites (N-methyl/N-ethyl adjacent to an activating group) is 1. The molecule has 0 saturated carbocycles. The number of halogens is 1. The molecule has 0 amide bonds. The molecule has 4 nitrogen and oxygen atoms in total. The molecule has 1 unspecified atom stereocenters. The van der Waals surface area contributed by atoms with Crippen molar-refractivity contribution in [2.75, 3.05) is 34.2 Å². The van der Waals surface area contributed by atoms with Crippen molar-refractivity contribution >= 4 is 29.9 Å². The lowest BCUT2D eigenvalue weighted by atomic mass is 10.1. The molecule has 124 valence electrons. The molecule has 1 N–H and O–H groups in total. The summed E-state index contributed by atoms with van der Waals surface area (Å²) in [5.41, 5.74) is 2.68. The van der Waals surface area contributed by atoms with E-state index in [1.165, 1.54) is 30.5 Å². The predicted molar refractivity (Wildman–Crippen MR) is 105 cm³/mol. The Morgan fingerprint density at radius 2 is 2.14 bits per heavy atom. The van der Waals surface area contributed by atoms with Crippen LogP contribution in [-0.4, -0.2) is 56.0 Å². The van der Waals surface area contributed by atoms with E-state index in [9.17, 15) is 0 Å². The Hall–Kier alpha value is -0.820. The minimum atomic E-state index is 0. The summed E-state index contributed by atoms with van der Waals surface area (Å²) in [6, 6.07) is 9.16. The Kier molecular flexibility index (Phi) is 8.17. The second-order valence-corrected chi connectivity index (χ2v) is 5.99. The summed E-state index contributed by atoms with van der Waals surface area (Å²) in [6.07, 6.45) is 2.59. The smallest absolute Gasteiger partial charge is 0.193 e. The SMILES string of the molecule is CN=C(NCC1CCCN1C)N(C)Cc1ccccc1C.I. The van der Waals surface area contributed by atoms with E-state index in [0.29, 0.717) is 6.04 Å². The summed E-state index contributed by atoms with van der Waals surface area (Å²) in [6.45, 7) is 5.23. The van der Waals surface area contributed by atoms with Crippen molar-refractivity contribution in [3.8, 4) is 0 Å². The molecule has 1 aromatic rings. The fraction of sp³-hybridized carbons (Fsp3) is 0.588. The van der Waals surface area contributed by atoms with Gasteiger partial charge in [0.1, 0.15) is 0 Å². The van der Waals surface area contributed by atoms with Crippen molar-refractivity contribution < 1.29 is 0 Å². The maximum absolute atomic E-state index is 4.41. The Labute approximate surface area is 152 Å². The first-order valence-corrected chi connectivity index (χ1v) is 7.78. The zero-order valence-corrected chi connectivity index (χ0v) is 16.5. The van der Waals surface area contributed by atoms with Crippen LogP contribution in [0.15, 0.2) is 29.3 Å². The highest BCUT2D eigenvalue weighted by Gasteiger charge is 2.21. The van der Waals surface area contributed by atoms with Gasteiger partial charge in [0.05, 0.1) is 0 Å². The molecule has 0 spiro atoms. The van der Waals surface area contributed by atoms with Crippen LogP contribution in [0.4, 0.5) is 0 Å². The van der Waals surface area contributed by atoms with Crippen LogP contribution in [0.5, 0.6) is 0 Å². The fourth-order valence-electron chi connectivity index (χ4n) is 2.95. The molecular formula is C17H29IN4. The molecular weight excluding hydrogens is 387 g/mol. The molecule has 2 rings (SSSR count).